The van der Waals surface area contributed by atoms with Gasteiger partial charge in [-0.25, -0.2) is 0 Å². The van der Waals surface area contributed by atoms with Crippen molar-refractivity contribution in [2.45, 2.75) is 57.3 Å². The summed E-state index contributed by atoms with van der Waals surface area (Å²) in [5.74, 6) is 0.0195. The fourth-order valence-electron chi connectivity index (χ4n) is 2.55. The molecule has 0 bridgehead atoms. The molecular formula is C16H20F3NO2. The van der Waals surface area contributed by atoms with Crippen molar-refractivity contribution in [2.75, 3.05) is 0 Å². The number of benzene rings is 1. The minimum absolute atomic E-state index is 0.180. The van der Waals surface area contributed by atoms with Gasteiger partial charge in [0.2, 0.25) is 0 Å². The molecule has 2 rings (SSSR count). The Bertz CT molecular complexity index is 493. The zero-order valence-corrected chi connectivity index (χ0v) is 12.5. The van der Waals surface area contributed by atoms with E-state index in [1.807, 2.05) is 0 Å². The highest BCUT2D eigenvalue weighted by Crippen LogP contribution is 2.30. The molecule has 1 N–H and O–H groups in total. The van der Waals surface area contributed by atoms with Crippen LogP contribution in [0.25, 0.3) is 0 Å². The van der Waals surface area contributed by atoms with E-state index in [9.17, 15) is 18.0 Å². The molecule has 122 valence electrons. The van der Waals surface area contributed by atoms with Crippen LogP contribution in [0.5, 0.6) is 5.75 Å². The summed E-state index contributed by atoms with van der Waals surface area (Å²) in [6.07, 6.45) is 0.251. The number of carbonyl (C=O) groups excluding carboxylic acids is 1. The van der Waals surface area contributed by atoms with Crippen molar-refractivity contribution >= 4 is 5.91 Å². The number of halogens is 3. The summed E-state index contributed by atoms with van der Waals surface area (Å²) >= 11 is 0. The fourth-order valence-corrected chi connectivity index (χ4v) is 2.55. The van der Waals surface area contributed by atoms with Crippen LogP contribution in [-0.4, -0.2) is 18.1 Å². The number of nitrogens with one attached hydrogen (secondary N) is 1. The lowest BCUT2D eigenvalue weighted by atomic mass is 9.95. The Labute approximate surface area is 127 Å². The van der Waals surface area contributed by atoms with E-state index in [0.29, 0.717) is 0 Å². The molecule has 1 aromatic carbocycles. The van der Waals surface area contributed by atoms with Crippen LogP contribution in [0.2, 0.25) is 0 Å². The fraction of sp³-hybridized carbons (Fsp3) is 0.562. The van der Waals surface area contributed by atoms with Gasteiger partial charge in [0.05, 0.1) is 5.56 Å². The van der Waals surface area contributed by atoms with Crippen LogP contribution in [0.4, 0.5) is 13.2 Å². The van der Waals surface area contributed by atoms with E-state index in [1.165, 1.54) is 18.6 Å². The third-order valence-electron chi connectivity index (χ3n) is 3.82. The topological polar surface area (TPSA) is 38.3 Å². The summed E-state index contributed by atoms with van der Waals surface area (Å²) in [7, 11) is 0. The third-order valence-corrected chi connectivity index (χ3v) is 3.82. The Morgan fingerprint density at radius 2 is 1.77 bits per heavy atom. The van der Waals surface area contributed by atoms with Gasteiger partial charge < -0.3 is 10.1 Å². The number of rotatable bonds is 4. The summed E-state index contributed by atoms with van der Waals surface area (Å²) in [6, 6.07) is 4.53. The maximum absolute atomic E-state index is 12.5. The summed E-state index contributed by atoms with van der Waals surface area (Å²) in [6.45, 7) is 1.59. The third kappa shape index (κ3) is 4.64. The molecule has 1 amide bonds. The first-order valence-corrected chi connectivity index (χ1v) is 7.50. The molecule has 1 aliphatic rings. The maximum Gasteiger partial charge on any atom is 0.416 e. The van der Waals surface area contributed by atoms with E-state index < -0.39 is 17.8 Å². The smallest absolute Gasteiger partial charge is 0.416 e. The Morgan fingerprint density at radius 1 is 1.18 bits per heavy atom. The molecule has 1 aliphatic carbocycles. The van der Waals surface area contributed by atoms with Crippen molar-refractivity contribution in [1.82, 2.24) is 5.32 Å². The number of carbonyl (C=O) groups is 1. The van der Waals surface area contributed by atoms with E-state index in [0.717, 1.165) is 37.8 Å². The number of hydrogen-bond donors (Lipinski definition) is 1. The predicted molar refractivity (Wildman–Crippen MR) is 76.5 cm³/mol. The van der Waals surface area contributed by atoms with Gasteiger partial charge in [-0.15, -0.1) is 0 Å². The molecule has 0 aromatic heterocycles. The Hall–Kier alpha value is -1.72. The molecule has 0 unspecified atom stereocenters. The van der Waals surface area contributed by atoms with E-state index in [-0.39, 0.29) is 17.7 Å². The molecule has 0 spiro atoms. The van der Waals surface area contributed by atoms with Crippen molar-refractivity contribution in [3.8, 4) is 5.75 Å². The first-order valence-electron chi connectivity index (χ1n) is 7.50. The van der Waals surface area contributed by atoms with Gasteiger partial charge in [0.1, 0.15) is 5.75 Å². The number of ether oxygens (including phenoxy) is 1. The van der Waals surface area contributed by atoms with E-state index in [2.05, 4.69) is 5.32 Å². The summed E-state index contributed by atoms with van der Waals surface area (Å²) in [4.78, 5) is 12.0. The van der Waals surface area contributed by atoms with Gasteiger partial charge in [-0.2, -0.15) is 13.2 Å². The van der Waals surface area contributed by atoms with E-state index in [1.54, 1.807) is 6.92 Å². The van der Waals surface area contributed by atoms with Crippen molar-refractivity contribution in [1.29, 1.82) is 0 Å². The lowest BCUT2D eigenvalue weighted by Crippen LogP contribution is -2.43. The molecule has 0 radical (unpaired) electrons. The Morgan fingerprint density at radius 3 is 2.32 bits per heavy atom. The monoisotopic (exact) mass is 315 g/mol. The molecule has 1 fully saturated rings. The molecule has 1 saturated carbocycles. The predicted octanol–water partition coefficient (Wildman–Crippen LogP) is 3.92. The van der Waals surface area contributed by atoms with Crippen molar-refractivity contribution in [3.05, 3.63) is 29.8 Å². The first-order chi connectivity index (χ1) is 10.4. The van der Waals surface area contributed by atoms with Gasteiger partial charge in [-0.05, 0) is 44.0 Å². The van der Waals surface area contributed by atoms with Crippen LogP contribution in [0.1, 0.15) is 44.6 Å². The van der Waals surface area contributed by atoms with Gasteiger partial charge in [0.25, 0.3) is 5.91 Å². The van der Waals surface area contributed by atoms with Gasteiger partial charge in [-0.3, -0.25) is 4.79 Å². The van der Waals surface area contributed by atoms with Crippen LogP contribution in [0, 0.1) is 0 Å². The van der Waals surface area contributed by atoms with Crippen LogP contribution in [0.15, 0.2) is 24.3 Å². The minimum Gasteiger partial charge on any atom is -0.481 e. The molecule has 1 aromatic rings. The zero-order chi connectivity index (χ0) is 16.2. The standard InChI is InChI=1S/C16H20F3NO2/c1-11(15(21)20-13-5-3-2-4-6-13)22-14-9-7-12(8-10-14)16(17,18)19/h7-11,13H,2-6H2,1H3,(H,20,21)/t11-/m1/s1. The van der Waals surface area contributed by atoms with Crippen LogP contribution < -0.4 is 10.1 Å². The van der Waals surface area contributed by atoms with Crippen molar-refractivity contribution in [3.63, 3.8) is 0 Å². The second kappa shape index (κ2) is 7.03. The van der Waals surface area contributed by atoms with Crippen LogP contribution >= 0.6 is 0 Å². The molecular weight excluding hydrogens is 295 g/mol. The molecule has 0 saturated heterocycles. The molecule has 0 aliphatic heterocycles. The summed E-state index contributed by atoms with van der Waals surface area (Å²) in [5.41, 5.74) is -0.737. The summed E-state index contributed by atoms with van der Waals surface area (Å²) < 4.78 is 42.8. The highest BCUT2D eigenvalue weighted by molar-refractivity contribution is 5.81. The lowest BCUT2D eigenvalue weighted by molar-refractivity contribution is -0.137. The van der Waals surface area contributed by atoms with Gasteiger partial charge in [0, 0.05) is 6.04 Å². The van der Waals surface area contributed by atoms with E-state index in [4.69, 9.17) is 4.74 Å². The normalized spacial score (nSPS) is 17.8. The molecule has 22 heavy (non-hydrogen) atoms. The van der Waals surface area contributed by atoms with Crippen LogP contribution in [-0.2, 0) is 11.0 Å². The number of hydrogen-bond acceptors (Lipinski definition) is 2. The van der Waals surface area contributed by atoms with Gasteiger partial charge >= 0.3 is 6.18 Å². The largest absolute Gasteiger partial charge is 0.481 e. The highest BCUT2D eigenvalue weighted by Gasteiger charge is 2.30. The number of amides is 1. The zero-order valence-electron chi connectivity index (χ0n) is 12.5. The average Bonchev–Trinajstić information content (AvgIpc) is 2.48. The Kier molecular flexibility index (Phi) is 5.32. The first kappa shape index (κ1) is 16.6. The van der Waals surface area contributed by atoms with Gasteiger partial charge in [0.15, 0.2) is 6.10 Å². The van der Waals surface area contributed by atoms with E-state index >= 15 is 0 Å². The molecule has 0 heterocycles. The van der Waals surface area contributed by atoms with Crippen LogP contribution in [0.3, 0.4) is 0 Å². The quantitative estimate of drug-likeness (QED) is 0.914. The molecule has 6 heteroatoms. The average molecular weight is 315 g/mol. The second-order valence-electron chi connectivity index (χ2n) is 5.63. The number of alkyl halides is 3. The van der Waals surface area contributed by atoms with Gasteiger partial charge in [-0.1, -0.05) is 19.3 Å². The Balaban J connectivity index is 1.87. The highest BCUT2D eigenvalue weighted by atomic mass is 19.4. The lowest BCUT2D eigenvalue weighted by Gasteiger charge is -2.24. The maximum atomic E-state index is 12.5. The molecule has 1 atom stereocenters. The summed E-state index contributed by atoms with van der Waals surface area (Å²) in [5, 5.41) is 2.93. The second-order valence-corrected chi connectivity index (χ2v) is 5.63. The minimum atomic E-state index is -4.37. The van der Waals surface area contributed by atoms with Crippen molar-refractivity contribution in [2.24, 2.45) is 0 Å². The molecule has 3 nitrogen and oxygen atoms in total. The van der Waals surface area contributed by atoms with Crippen molar-refractivity contribution < 1.29 is 22.7 Å². The SMILES string of the molecule is C[C@@H](Oc1ccc(C(F)(F)F)cc1)C(=O)NC1CCCCC1.